The van der Waals surface area contributed by atoms with Crippen LogP contribution >= 0.6 is 0 Å². The Bertz CT molecular complexity index is 1140. The molecule has 0 amide bonds. The summed E-state index contributed by atoms with van der Waals surface area (Å²) in [6, 6.07) is 1.83. The minimum absolute atomic E-state index is 0.319. The van der Waals surface area contributed by atoms with E-state index in [4.69, 9.17) is 4.74 Å². The molecule has 8 heteroatoms. The van der Waals surface area contributed by atoms with Crippen molar-refractivity contribution in [3.63, 3.8) is 0 Å². The quantitative estimate of drug-likeness (QED) is 0.579. The largest absolute Gasteiger partial charge is 0.381 e. The number of ether oxygens (including phenoxy) is 1. The van der Waals surface area contributed by atoms with Crippen molar-refractivity contribution < 1.29 is 9.13 Å². The fourth-order valence-electron chi connectivity index (χ4n) is 3.60. The fraction of sp³-hybridized carbons (Fsp3) is 0.316. The molecule has 0 bridgehead atoms. The van der Waals surface area contributed by atoms with Gasteiger partial charge in [0.15, 0.2) is 11.5 Å². The highest BCUT2D eigenvalue weighted by Gasteiger charge is 2.29. The second-order valence-electron chi connectivity index (χ2n) is 7.02. The van der Waals surface area contributed by atoms with Crippen LogP contribution < -0.4 is 5.32 Å². The number of aromatic amines is 1. The van der Waals surface area contributed by atoms with E-state index in [0.717, 1.165) is 35.0 Å². The van der Waals surface area contributed by atoms with E-state index in [2.05, 4.69) is 25.3 Å². The van der Waals surface area contributed by atoms with Crippen LogP contribution in [0.4, 0.5) is 10.3 Å². The third-order valence-electron chi connectivity index (χ3n) is 5.13. The Balaban J connectivity index is 1.48. The molecule has 0 unspecified atom stereocenters. The van der Waals surface area contributed by atoms with Gasteiger partial charge in [-0.15, -0.1) is 0 Å². The number of hydrogen-bond acceptors (Lipinski definition) is 5. The summed E-state index contributed by atoms with van der Waals surface area (Å²) in [5.41, 5.74) is 3.42. The molecule has 1 aliphatic rings. The van der Waals surface area contributed by atoms with Crippen molar-refractivity contribution >= 4 is 22.6 Å². The Hall–Kier alpha value is -3.00. The van der Waals surface area contributed by atoms with Gasteiger partial charge in [0.2, 0.25) is 5.95 Å². The lowest BCUT2D eigenvalue weighted by molar-refractivity contribution is 0.0327. The molecule has 27 heavy (non-hydrogen) atoms. The van der Waals surface area contributed by atoms with E-state index in [1.54, 1.807) is 23.9 Å². The topological polar surface area (TPSA) is 80.1 Å². The standard InChI is InChI=1S/C19H19FN6O/c1-10-8-26-9-11(3-16(20)18(26)23-10)14-6-21-17-15(14)7-22-19(25-17)24-12-4-13(5-12)27-2/h3,6-9,12-13H,4-5H2,1-2H3,(H2,21,22,24,25). The second-order valence-corrected chi connectivity index (χ2v) is 7.02. The van der Waals surface area contributed by atoms with Crippen LogP contribution in [0.2, 0.25) is 0 Å². The van der Waals surface area contributed by atoms with Crippen molar-refractivity contribution in [1.82, 2.24) is 24.3 Å². The highest BCUT2D eigenvalue weighted by molar-refractivity contribution is 5.93. The molecular formula is C19H19FN6O. The van der Waals surface area contributed by atoms with Crippen LogP contribution in [-0.4, -0.2) is 43.6 Å². The highest BCUT2D eigenvalue weighted by Crippen LogP contribution is 2.30. The maximum atomic E-state index is 14.4. The lowest BCUT2D eigenvalue weighted by atomic mass is 9.89. The zero-order valence-electron chi connectivity index (χ0n) is 15.0. The number of anilines is 1. The molecule has 5 rings (SSSR count). The summed E-state index contributed by atoms with van der Waals surface area (Å²) < 4.78 is 21.4. The molecule has 0 atom stereocenters. The van der Waals surface area contributed by atoms with Gasteiger partial charge >= 0.3 is 0 Å². The van der Waals surface area contributed by atoms with Gasteiger partial charge in [-0.05, 0) is 25.8 Å². The van der Waals surface area contributed by atoms with E-state index in [9.17, 15) is 4.39 Å². The van der Waals surface area contributed by atoms with Crippen LogP contribution in [0.5, 0.6) is 0 Å². The van der Waals surface area contributed by atoms with E-state index in [-0.39, 0.29) is 5.82 Å². The van der Waals surface area contributed by atoms with Crippen LogP contribution in [0, 0.1) is 12.7 Å². The van der Waals surface area contributed by atoms with E-state index >= 15 is 0 Å². The van der Waals surface area contributed by atoms with E-state index in [1.165, 1.54) is 6.07 Å². The number of nitrogens with zero attached hydrogens (tertiary/aromatic N) is 4. The number of fused-ring (bicyclic) bond motifs is 2. The molecule has 0 spiro atoms. The lowest BCUT2D eigenvalue weighted by Gasteiger charge is -2.34. The van der Waals surface area contributed by atoms with Crippen LogP contribution in [0.25, 0.3) is 27.8 Å². The van der Waals surface area contributed by atoms with Crippen LogP contribution in [0.1, 0.15) is 18.5 Å². The molecule has 7 nitrogen and oxygen atoms in total. The van der Waals surface area contributed by atoms with Crippen molar-refractivity contribution in [1.29, 1.82) is 0 Å². The Kier molecular flexibility index (Phi) is 3.61. The number of rotatable bonds is 4. The summed E-state index contributed by atoms with van der Waals surface area (Å²) >= 11 is 0. The zero-order chi connectivity index (χ0) is 18.5. The summed E-state index contributed by atoms with van der Waals surface area (Å²) in [5, 5.41) is 4.17. The molecule has 1 aliphatic carbocycles. The van der Waals surface area contributed by atoms with Crippen molar-refractivity contribution in [3.05, 3.63) is 42.4 Å². The maximum Gasteiger partial charge on any atom is 0.224 e. The first kappa shape index (κ1) is 16.2. The highest BCUT2D eigenvalue weighted by atomic mass is 19.1. The van der Waals surface area contributed by atoms with Gasteiger partial charge in [-0.25, -0.2) is 14.4 Å². The van der Waals surface area contributed by atoms with E-state index in [0.29, 0.717) is 29.4 Å². The summed E-state index contributed by atoms with van der Waals surface area (Å²) in [7, 11) is 1.73. The molecule has 2 N–H and O–H groups in total. The lowest BCUT2D eigenvalue weighted by Crippen LogP contribution is -2.40. The molecule has 1 saturated carbocycles. The molecular weight excluding hydrogens is 347 g/mol. The van der Waals surface area contributed by atoms with Crippen molar-refractivity contribution in [2.24, 2.45) is 0 Å². The van der Waals surface area contributed by atoms with E-state index in [1.807, 2.05) is 19.3 Å². The van der Waals surface area contributed by atoms with Gasteiger partial charge in [0.1, 0.15) is 5.65 Å². The van der Waals surface area contributed by atoms with Crippen LogP contribution in [-0.2, 0) is 4.74 Å². The number of pyridine rings is 1. The Morgan fingerprint density at radius 3 is 2.96 bits per heavy atom. The first-order valence-electron chi connectivity index (χ1n) is 8.89. The molecule has 0 radical (unpaired) electrons. The third kappa shape index (κ3) is 2.73. The van der Waals surface area contributed by atoms with Gasteiger partial charge < -0.3 is 19.4 Å². The normalized spacial score (nSPS) is 19.5. The predicted octanol–water partition coefficient (Wildman–Crippen LogP) is 3.31. The smallest absolute Gasteiger partial charge is 0.224 e. The molecule has 138 valence electrons. The van der Waals surface area contributed by atoms with E-state index < -0.39 is 0 Å². The minimum Gasteiger partial charge on any atom is -0.381 e. The number of halogens is 1. The van der Waals surface area contributed by atoms with Gasteiger partial charge in [0, 0.05) is 54.5 Å². The van der Waals surface area contributed by atoms with Crippen molar-refractivity contribution in [2.75, 3.05) is 12.4 Å². The predicted molar refractivity (Wildman–Crippen MR) is 100 cm³/mol. The average molecular weight is 366 g/mol. The Morgan fingerprint density at radius 2 is 2.15 bits per heavy atom. The van der Waals surface area contributed by atoms with Gasteiger partial charge in [0.05, 0.1) is 11.8 Å². The number of hydrogen-bond donors (Lipinski definition) is 2. The first-order valence-corrected chi connectivity index (χ1v) is 8.89. The van der Waals surface area contributed by atoms with Crippen molar-refractivity contribution in [2.45, 2.75) is 31.9 Å². The molecule has 1 fully saturated rings. The molecule has 4 heterocycles. The van der Waals surface area contributed by atoms with Crippen molar-refractivity contribution in [3.8, 4) is 11.1 Å². The summed E-state index contributed by atoms with van der Waals surface area (Å²) in [6.45, 7) is 1.84. The maximum absolute atomic E-state index is 14.4. The second kappa shape index (κ2) is 6.02. The number of H-pyrrole nitrogens is 1. The molecule has 4 aromatic rings. The summed E-state index contributed by atoms with van der Waals surface area (Å²) in [4.78, 5) is 16.3. The van der Waals surface area contributed by atoms with Crippen LogP contribution in [0.3, 0.4) is 0 Å². The SMILES string of the molecule is COC1CC(Nc2ncc3c(-c4cc(F)c5nc(C)cn5c4)c[nH]c3n2)C1. The Morgan fingerprint density at radius 1 is 1.30 bits per heavy atom. The number of aryl methyl sites for hydroxylation is 1. The summed E-state index contributed by atoms with van der Waals surface area (Å²) in [5.74, 6) is 0.231. The number of imidazole rings is 1. The third-order valence-corrected chi connectivity index (χ3v) is 5.13. The summed E-state index contributed by atoms with van der Waals surface area (Å²) in [6.07, 6.45) is 9.50. The fourth-order valence-corrected chi connectivity index (χ4v) is 3.60. The molecule has 0 aromatic carbocycles. The zero-order valence-corrected chi connectivity index (χ0v) is 15.0. The molecule has 4 aromatic heterocycles. The van der Waals surface area contributed by atoms with Gasteiger partial charge in [-0.2, -0.15) is 4.98 Å². The molecule has 0 saturated heterocycles. The first-order chi connectivity index (χ1) is 13.1. The minimum atomic E-state index is -0.355. The number of methoxy groups -OCH3 is 1. The van der Waals surface area contributed by atoms with Gasteiger partial charge in [-0.1, -0.05) is 0 Å². The monoisotopic (exact) mass is 366 g/mol. The number of nitrogens with one attached hydrogen (secondary N) is 2. The van der Waals surface area contributed by atoms with Gasteiger partial charge in [-0.3, -0.25) is 0 Å². The van der Waals surface area contributed by atoms with Gasteiger partial charge in [0.25, 0.3) is 0 Å². The van der Waals surface area contributed by atoms with Crippen LogP contribution in [0.15, 0.2) is 30.9 Å². The Labute approximate surface area is 154 Å². The number of aromatic nitrogens is 5. The average Bonchev–Trinajstić information content (AvgIpc) is 3.20. The molecule has 0 aliphatic heterocycles.